The molecule has 1 aliphatic carbocycles. The highest BCUT2D eigenvalue weighted by molar-refractivity contribution is 6.04. The van der Waals surface area contributed by atoms with E-state index in [0.717, 1.165) is 56.0 Å². The summed E-state index contributed by atoms with van der Waals surface area (Å²) in [5.41, 5.74) is 16.6. The van der Waals surface area contributed by atoms with Crippen molar-refractivity contribution in [3.63, 3.8) is 0 Å². The summed E-state index contributed by atoms with van der Waals surface area (Å²) in [5, 5.41) is 15.3. The van der Waals surface area contributed by atoms with Crippen molar-refractivity contribution in [2.75, 3.05) is 9.80 Å². The standard InChI is InChI=1S/C52H43N3/c1-33-7-16-41(17-8-33)54(42-18-9-34(2)10-19-42)45-24-15-37-30-48-49(31-38(37)28-45)52(5,6)51-47-26-25-46(29-39(47)27-40(32-53)50(48)51)55(43-20-11-35(3)12-21-43)44-22-13-36(4)14-23-44/h7-31H,1-6H3. The molecule has 0 aromatic heterocycles. The van der Waals surface area contributed by atoms with E-state index in [0.29, 0.717) is 5.56 Å². The summed E-state index contributed by atoms with van der Waals surface area (Å²) in [6, 6.07) is 57.8. The van der Waals surface area contributed by atoms with Crippen LogP contribution >= 0.6 is 0 Å². The first-order valence-electron chi connectivity index (χ1n) is 19.1. The lowest BCUT2D eigenvalue weighted by Gasteiger charge is -2.27. The molecule has 9 rings (SSSR count). The van der Waals surface area contributed by atoms with Crippen LogP contribution in [0.2, 0.25) is 0 Å². The average molecular weight is 710 g/mol. The highest BCUT2D eigenvalue weighted by Gasteiger charge is 2.39. The van der Waals surface area contributed by atoms with E-state index in [4.69, 9.17) is 0 Å². The molecule has 0 bridgehead atoms. The van der Waals surface area contributed by atoms with Gasteiger partial charge in [0, 0.05) is 45.1 Å². The molecular formula is C52H43N3. The largest absolute Gasteiger partial charge is 0.310 e. The van der Waals surface area contributed by atoms with Gasteiger partial charge >= 0.3 is 0 Å². The Hall–Kier alpha value is -6.63. The van der Waals surface area contributed by atoms with Crippen molar-refractivity contribution >= 4 is 55.7 Å². The Morgan fingerprint density at radius 2 is 0.855 bits per heavy atom. The minimum Gasteiger partial charge on any atom is -0.310 e. The number of rotatable bonds is 6. The van der Waals surface area contributed by atoms with E-state index in [9.17, 15) is 5.26 Å². The summed E-state index contributed by atoms with van der Waals surface area (Å²) < 4.78 is 0. The summed E-state index contributed by atoms with van der Waals surface area (Å²) >= 11 is 0. The molecule has 0 saturated heterocycles. The van der Waals surface area contributed by atoms with E-state index in [1.165, 1.54) is 44.2 Å². The molecule has 0 fully saturated rings. The molecule has 0 radical (unpaired) electrons. The zero-order valence-corrected chi connectivity index (χ0v) is 32.3. The predicted molar refractivity (Wildman–Crippen MR) is 232 cm³/mol. The van der Waals surface area contributed by atoms with E-state index in [-0.39, 0.29) is 5.41 Å². The van der Waals surface area contributed by atoms with Crippen LogP contribution in [0.25, 0.3) is 32.7 Å². The molecule has 3 nitrogen and oxygen atoms in total. The van der Waals surface area contributed by atoms with E-state index in [1.54, 1.807) is 0 Å². The lowest BCUT2D eigenvalue weighted by Crippen LogP contribution is -2.16. The minimum absolute atomic E-state index is 0.331. The van der Waals surface area contributed by atoms with Gasteiger partial charge in [0.05, 0.1) is 11.6 Å². The van der Waals surface area contributed by atoms with Crippen LogP contribution in [0.4, 0.5) is 34.1 Å². The van der Waals surface area contributed by atoms with Crippen LogP contribution in [0.1, 0.15) is 52.8 Å². The van der Waals surface area contributed by atoms with Crippen LogP contribution in [0.15, 0.2) is 152 Å². The van der Waals surface area contributed by atoms with E-state index < -0.39 is 0 Å². The SMILES string of the molecule is Cc1ccc(N(c2ccc(C)cc2)c2ccc3cc4c(cc3c2)C(C)(C)c2c-4c(C#N)cc3cc(N(c4ccc(C)cc4)c4ccc(C)cc4)ccc23)cc1. The molecule has 0 N–H and O–H groups in total. The Kier molecular flexibility index (Phi) is 8.10. The fourth-order valence-electron chi connectivity index (χ4n) is 8.50. The molecule has 0 heterocycles. The second kappa shape index (κ2) is 13.0. The molecule has 8 aromatic carbocycles. The molecule has 55 heavy (non-hydrogen) atoms. The van der Waals surface area contributed by atoms with Gasteiger partial charge in [-0.3, -0.25) is 0 Å². The quantitative estimate of drug-likeness (QED) is 0.172. The third kappa shape index (κ3) is 5.83. The number of fused-ring (bicyclic) bond motifs is 6. The van der Waals surface area contributed by atoms with Crippen LogP contribution < -0.4 is 9.80 Å². The second-order valence-electron chi connectivity index (χ2n) is 15.8. The minimum atomic E-state index is -0.331. The van der Waals surface area contributed by atoms with Gasteiger partial charge in [-0.25, -0.2) is 0 Å². The first-order valence-corrected chi connectivity index (χ1v) is 19.1. The average Bonchev–Trinajstić information content (AvgIpc) is 3.42. The first kappa shape index (κ1) is 34.2. The maximum absolute atomic E-state index is 10.7. The van der Waals surface area contributed by atoms with Crippen LogP contribution in [0.5, 0.6) is 0 Å². The lowest BCUT2D eigenvalue weighted by atomic mass is 9.79. The Balaban J connectivity index is 1.18. The maximum atomic E-state index is 10.7. The molecule has 8 aromatic rings. The molecule has 266 valence electrons. The fourth-order valence-corrected chi connectivity index (χ4v) is 8.50. The third-order valence-corrected chi connectivity index (χ3v) is 11.5. The van der Waals surface area contributed by atoms with Crippen LogP contribution in [0.3, 0.4) is 0 Å². The highest BCUT2D eigenvalue weighted by atomic mass is 15.1. The fraction of sp³-hybridized carbons (Fsp3) is 0.135. The Morgan fingerprint density at radius 1 is 0.436 bits per heavy atom. The Bertz CT molecular complexity index is 2710. The van der Waals surface area contributed by atoms with Crippen LogP contribution in [-0.4, -0.2) is 0 Å². The molecule has 0 atom stereocenters. The van der Waals surface area contributed by atoms with Gasteiger partial charge in [0.2, 0.25) is 0 Å². The van der Waals surface area contributed by atoms with E-state index in [2.05, 4.69) is 209 Å². The summed E-state index contributed by atoms with van der Waals surface area (Å²) in [5.74, 6) is 0. The van der Waals surface area contributed by atoms with Gasteiger partial charge in [-0.15, -0.1) is 0 Å². The number of benzene rings is 8. The first-order chi connectivity index (χ1) is 26.6. The molecule has 0 saturated carbocycles. The van der Waals surface area contributed by atoms with Gasteiger partial charge in [-0.2, -0.15) is 5.26 Å². The molecule has 3 heteroatoms. The van der Waals surface area contributed by atoms with Crippen molar-refractivity contribution in [2.45, 2.75) is 47.0 Å². The molecule has 0 spiro atoms. The van der Waals surface area contributed by atoms with Gasteiger partial charge in [0.15, 0.2) is 0 Å². The molecule has 1 aliphatic rings. The summed E-state index contributed by atoms with van der Waals surface area (Å²) in [6.45, 7) is 13.1. The van der Waals surface area contributed by atoms with Gasteiger partial charge in [0.1, 0.15) is 0 Å². The van der Waals surface area contributed by atoms with Crippen molar-refractivity contribution in [2.24, 2.45) is 0 Å². The predicted octanol–water partition coefficient (Wildman–Crippen LogP) is 14.3. The van der Waals surface area contributed by atoms with Crippen molar-refractivity contribution in [1.29, 1.82) is 5.26 Å². The molecular weight excluding hydrogens is 667 g/mol. The third-order valence-electron chi connectivity index (χ3n) is 11.5. The number of hydrogen-bond donors (Lipinski definition) is 0. The van der Waals surface area contributed by atoms with E-state index >= 15 is 0 Å². The zero-order chi connectivity index (χ0) is 38.0. The van der Waals surface area contributed by atoms with Gasteiger partial charge in [-0.1, -0.05) is 96.8 Å². The second-order valence-corrected chi connectivity index (χ2v) is 15.8. The summed E-state index contributed by atoms with van der Waals surface area (Å²) in [4.78, 5) is 4.64. The lowest BCUT2D eigenvalue weighted by molar-refractivity contribution is 0.667. The number of nitriles is 1. The van der Waals surface area contributed by atoms with Crippen LogP contribution in [0, 0.1) is 39.0 Å². The normalized spacial score (nSPS) is 12.7. The number of anilines is 6. The van der Waals surface area contributed by atoms with Crippen molar-refractivity contribution in [1.82, 2.24) is 0 Å². The van der Waals surface area contributed by atoms with Crippen molar-refractivity contribution in [3.8, 4) is 17.2 Å². The topological polar surface area (TPSA) is 30.3 Å². The monoisotopic (exact) mass is 709 g/mol. The van der Waals surface area contributed by atoms with Crippen molar-refractivity contribution < 1.29 is 0 Å². The van der Waals surface area contributed by atoms with Crippen LogP contribution in [-0.2, 0) is 5.41 Å². The summed E-state index contributed by atoms with van der Waals surface area (Å²) in [6.07, 6.45) is 0. The molecule has 0 unspecified atom stereocenters. The Labute approximate surface area is 324 Å². The highest BCUT2D eigenvalue weighted by Crippen LogP contribution is 2.54. The number of aryl methyl sites for hydroxylation is 4. The van der Waals surface area contributed by atoms with Gasteiger partial charge < -0.3 is 9.80 Å². The number of nitrogens with zero attached hydrogens (tertiary/aromatic N) is 3. The summed E-state index contributed by atoms with van der Waals surface area (Å²) in [7, 11) is 0. The number of hydrogen-bond acceptors (Lipinski definition) is 3. The maximum Gasteiger partial charge on any atom is 0.0998 e. The molecule has 0 aliphatic heterocycles. The zero-order valence-electron chi connectivity index (χ0n) is 32.3. The smallest absolute Gasteiger partial charge is 0.0998 e. The van der Waals surface area contributed by atoms with E-state index in [1.807, 2.05) is 0 Å². The van der Waals surface area contributed by atoms with Crippen molar-refractivity contribution in [3.05, 3.63) is 191 Å². The molecule has 0 amide bonds. The van der Waals surface area contributed by atoms with Gasteiger partial charge in [0.25, 0.3) is 0 Å². The Morgan fingerprint density at radius 3 is 1.31 bits per heavy atom. The van der Waals surface area contributed by atoms with Gasteiger partial charge in [-0.05, 0) is 157 Å².